The molecule has 0 aliphatic heterocycles. The van der Waals surface area contributed by atoms with Crippen molar-refractivity contribution in [3.05, 3.63) is 88.4 Å². The van der Waals surface area contributed by atoms with Gasteiger partial charge in [0.05, 0.1) is 11.8 Å². The molecular weight excluding hydrogens is 341 g/mol. The number of hydrogen-bond donors (Lipinski definition) is 1. The van der Waals surface area contributed by atoms with Crippen LogP contribution in [0.5, 0.6) is 0 Å². The second kappa shape index (κ2) is 8.13. The molecule has 0 aliphatic carbocycles. The van der Waals surface area contributed by atoms with E-state index in [4.69, 9.17) is 0 Å². The van der Waals surface area contributed by atoms with Gasteiger partial charge in [-0.1, -0.05) is 48.5 Å². The van der Waals surface area contributed by atoms with Crippen LogP contribution in [-0.2, 0) is 4.79 Å². The lowest BCUT2D eigenvalue weighted by Crippen LogP contribution is -2.30. The summed E-state index contributed by atoms with van der Waals surface area (Å²) in [4.78, 5) is 13.9. The van der Waals surface area contributed by atoms with Gasteiger partial charge in [0.2, 0.25) is 5.91 Å². The van der Waals surface area contributed by atoms with Crippen molar-refractivity contribution in [3.8, 4) is 0 Å². The van der Waals surface area contributed by atoms with E-state index in [1.54, 1.807) is 29.5 Å². The Morgan fingerprint density at radius 1 is 1.04 bits per heavy atom. The maximum absolute atomic E-state index is 13.6. The van der Waals surface area contributed by atoms with Gasteiger partial charge >= 0.3 is 0 Å². The fourth-order valence-corrected chi connectivity index (χ4v) is 3.88. The number of benzene rings is 2. The lowest BCUT2D eigenvalue weighted by atomic mass is 10.1. The molecule has 0 unspecified atom stereocenters. The van der Waals surface area contributed by atoms with Crippen LogP contribution in [0.3, 0.4) is 0 Å². The van der Waals surface area contributed by atoms with Crippen molar-refractivity contribution >= 4 is 29.0 Å². The van der Waals surface area contributed by atoms with Gasteiger partial charge in [0.15, 0.2) is 0 Å². The van der Waals surface area contributed by atoms with Crippen molar-refractivity contribution in [1.29, 1.82) is 0 Å². The second-order valence-electron chi connectivity index (χ2n) is 5.15. The van der Waals surface area contributed by atoms with Gasteiger partial charge < -0.3 is 5.32 Å². The molecule has 122 valence electrons. The summed E-state index contributed by atoms with van der Waals surface area (Å²) in [6, 6.07) is 20.1. The van der Waals surface area contributed by atoms with E-state index in [0.29, 0.717) is 4.90 Å². The van der Waals surface area contributed by atoms with E-state index in [2.05, 4.69) is 5.32 Å². The number of thiophene rings is 1. The molecule has 1 aromatic heterocycles. The Kier molecular flexibility index (Phi) is 5.67. The number of amides is 1. The molecular formula is C19H16FNOS2. The molecule has 0 radical (unpaired) electrons. The minimum atomic E-state index is -0.298. The van der Waals surface area contributed by atoms with Gasteiger partial charge in [0.25, 0.3) is 0 Å². The van der Waals surface area contributed by atoms with Gasteiger partial charge in [-0.3, -0.25) is 4.79 Å². The fourth-order valence-electron chi connectivity index (χ4n) is 2.33. The summed E-state index contributed by atoms with van der Waals surface area (Å²) >= 11 is 2.81. The summed E-state index contributed by atoms with van der Waals surface area (Å²) in [5.41, 5.74) is 1.03. The van der Waals surface area contributed by atoms with E-state index in [0.717, 1.165) is 10.4 Å². The second-order valence-corrected chi connectivity index (χ2v) is 7.14. The van der Waals surface area contributed by atoms with E-state index in [1.165, 1.54) is 17.8 Å². The van der Waals surface area contributed by atoms with Crippen molar-refractivity contribution in [3.63, 3.8) is 0 Å². The summed E-state index contributed by atoms with van der Waals surface area (Å²) in [5, 5.41) is 5.05. The first kappa shape index (κ1) is 16.7. The quantitative estimate of drug-likeness (QED) is 0.637. The van der Waals surface area contributed by atoms with E-state index < -0.39 is 0 Å². The van der Waals surface area contributed by atoms with Crippen molar-refractivity contribution in [2.75, 3.05) is 5.75 Å². The van der Waals surface area contributed by atoms with Crippen LogP contribution in [0.25, 0.3) is 0 Å². The van der Waals surface area contributed by atoms with Crippen LogP contribution in [0, 0.1) is 5.82 Å². The van der Waals surface area contributed by atoms with E-state index >= 15 is 0 Å². The summed E-state index contributed by atoms with van der Waals surface area (Å²) < 4.78 is 13.6. The third-order valence-electron chi connectivity index (χ3n) is 3.46. The average Bonchev–Trinajstić information content (AvgIpc) is 3.14. The van der Waals surface area contributed by atoms with Crippen molar-refractivity contribution in [1.82, 2.24) is 5.32 Å². The summed E-state index contributed by atoms with van der Waals surface area (Å²) in [6.45, 7) is 0. The predicted molar refractivity (Wildman–Crippen MR) is 97.9 cm³/mol. The molecule has 2 aromatic carbocycles. The number of carbonyl (C=O) groups is 1. The Labute approximate surface area is 148 Å². The zero-order valence-electron chi connectivity index (χ0n) is 12.8. The number of carbonyl (C=O) groups excluding carboxylic acids is 1. The molecule has 0 fully saturated rings. The Bertz CT molecular complexity index is 790. The number of nitrogens with one attached hydrogen (secondary N) is 1. The van der Waals surface area contributed by atoms with Crippen LogP contribution in [0.2, 0.25) is 0 Å². The van der Waals surface area contributed by atoms with Crippen LogP contribution >= 0.6 is 23.1 Å². The minimum absolute atomic E-state index is 0.120. The minimum Gasteiger partial charge on any atom is -0.344 e. The Morgan fingerprint density at radius 2 is 1.79 bits per heavy atom. The van der Waals surface area contributed by atoms with E-state index in [1.807, 2.05) is 47.8 Å². The predicted octanol–water partition coefficient (Wildman–Crippen LogP) is 4.89. The van der Waals surface area contributed by atoms with Crippen molar-refractivity contribution < 1.29 is 9.18 Å². The highest BCUT2D eigenvalue weighted by Crippen LogP contribution is 2.27. The molecule has 3 rings (SSSR count). The van der Waals surface area contributed by atoms with Gasteiger partial charge in [-0.15, -0.1) is 23.1 Å². The van der Waals surface area contributed by atoms with Crippen LogP contribution in [0.15, 0.2) is 77.0 Å². The molecule has 3 aromatic rings. The van der Waals surface area contributed by atoms with Gasteiger partial charge in [0, 0.05) is 9.77 Å². The topological polar surface area (TPSA) is 29.1 Å². The number of hydrogen-bond acceptors (Lipinski definition) is 3. The molecule has 24 heavy (non-hydrogen) atoms. The van der Waals surface area contributed by atoms with Gasteiger partial charge in [-0.05, 0) is 29.1 Å². The van der Waals surface area contributed by atoms with Crippen LogP contribution in [0.1, 0.15) is 16.5 Å². The first-order valence-electron chi connectivity index (χ1n) is 7.49. The monoisotopic (exact) mass is 357 g/mol. The molecule has 1 amide bonds. The highest BCUT2D eigenvalue weighted by Gasteiger charge is 2.18. The number of thioether (sulfide) groups is 1. The smallest absolute Gasteiger partial charge is 0.231 e. The Morgan fingerprint density at radius 3 is 2.50 bits per heavy atom. The fraction of sp³-hybridized carbons (Fsp3) is 0.105. The third kappa shape index (κ3) is 4.24. The maximum atomic E-state index is 13.6. The molecule has 0 saturated carbocycles. The zero-order valence-corrected chi connectivity index (χ0v) is 14.4. The molecule has 1 atom stereocenters. The molecule has 2 nitrogen and oxygen atoms in total. The molecule has 1 N–H and O–H groups in total. The molecule has 0 aliphatic rings. The molecule has 0 spiro atoms. The normalized spacial score (nSPS) is 11.9. The van der Waals surface area contributed by atoms with E-state index in [-0.39, 0.29) is 23.5 Å². The highest BCUT2D eigenvalue weighted by atomic mass is 32.2. The molecule has 5 heteroatoms. The lowest BCUT2D eigenvalue weighted by molar-refractivity contribution is -0.119. The lowest BCUT2D eigenvalue weighted by Gasteiger charge is -2.18. The standard InChI is InChI=1S/C19H16FNOS2/c20-15-9-4-5-10-16(15)24-13-18(22)21-19(17-11-6-12-23-17)14-7-2-1-3-8-14/h1-12,19H,13H2,(H,21,22)/t19-/m1/s1. The SMILES string of the molecule is O=C(CSc1ccccc1F)N[C@H](c1ccccc1)c1cccs1. The van der Waals surface area contributed by atoms with E-state index in [9.17, 15) is 9.18 Å². The number of rotatable bonds is 6. The highest BCUT2D eigenvalue weighted by molar-refractivity contribution is 8.00. The zero-order chi connectivity index (χ0) is 16.8. The Balaban J connectivity index is 1.69. The molecule has 0 bridgehead atoms. The summed E-state index contributed by atoms with van der Waals surface area (Å²) in [6.07, 6.45) is 0. The van der Waals surface area contributed by atoms with Gasteiger partial charge in [-0.25, -0.2) is 4.39 Å². The first-order valence-corrected chi connectivity index (χ1v) is 9.35. The molecule has 0 saturated heterocycles. The summed E-state index contributed by atoms with van der Waals surface area (Å²) in [5.74, 6) is -0.242. The Hall–Kier alpha value is -2.11. The first-order chi connectivity index (χ1) is 11.7. The van der Waals surface area contributed by atoms with Crippen molar-refractivity contribution in [2.24, 2.45) is 0 Å². The summed E-state index contributed by atoms with van der Waals surface area (Å²) in [7, 11) is 0. The van der Waals surface area contributed by atoms with Crippen molar-refractivity contribution in [2.45, 2.75) is 10.9 Å². The largest absolute Gasteiger partial charge is 0.344 e. The third-order valence-corrected chi connectivity index (χ3v) is 5.45. The van der Waals surface area contributed by atoms with Crippen LogP contribution in [0.4, 0.5) is 4.39 Å². The number of halogens is 1. The average molecular weight is 357 g/mol. The van der Waals surface area contributed by atoms with Gasteiger partial charge in [-0.2, -0.15) is 0 Å². The molecule has 1 heterocycles. The maximum Gasteiger partial charge on any atom is 0.231 e. The van der Waals surface area contributed by atoms with Crippen LogP contribution in [-0.4, -0.2) is 11.7 Å². The van der Waals surface area contributed by atoms with Gasteiger partial charge in [0.1, 0.15) is 5.82 Å². The van der Waals surface area contributed by atoms with Crippen LogP contribution < -0.4 is 5.32 Å².